The summed E-state index contributed by atoms with van der Waals surface area (Å²) in [7, 11) is 0. The number of fused-ring (bicyclic) bond motifs is 1. The van der Waals surface area contributed by atoms with Crippen molar-refractivity contribution in [3.05, 3.63) is 72.2 Å². The van der Waals surface area contributed by atoms with Gasteiger partial charge in [-0.25, -0.2) is 14.8 Å². The first-order chi connectivity index (χ1) is 20.1. The Morgan fingerprint density at radius 3 is 2.48 bits per heavy atom. The average Bonchev–Trinajstić information content (AvgIpc) is 3.38. The second-order valence-corrected chi connectivity index (χ2v) is 11.6. The molecule has 0 radical (unpaired) electrons. The smallest absolute Gasteiger partial charge is 0.433 e. The number of pyridine rings is 2. The molecule has 1 spiro atoms. The number of carbonyl (C=O) groups is 2. The third kappa shape index (κ3) is 4.91. The molecule has 1 N–H and O–H groups in total. The number of aliphatic imine (C=N–C) groups is 1. The monoisotopic (exact) mass is 639 g/mol. The van der Waals surface area contributed by atoms with Crippen LogP contribution in [0.2, 0.25) is 0 Å². The lowest BCUT2D eigenvalue weighted by molar-refractivity contribution is -0.141. The van der Waals surface area contributed by atoms with E-state index in [2.05, 4.69) is 35.9 Å². The van der Waals surface area contributed by atoms with E-state index in [0.717, 1.165) is 37.1 Å². The molecular formula is C30H25BrF3N5O3. The van der Waals surface area contributed by atoms with Gasteiger partial charge in [0.2, 0.25) is 0 Å². The second-order valence-electron chi connectivity index (χ2n) is 10.7. The van der Waals surface area contributed by atoms with Crippen LogP contribution in [-0.2, 0) is 22.2 Å². The molecule has 2 atom stereocenters. The van der Waals surface area contributed by atoms with Gasteiger partial charge in [-0.15, -0.1) is 0 Å². The summed E-state index contributed by atoms with van der Waals surface area (Å²) in [5.74, 6) is -0.614. The van der Waals surface area contributed by atoms with E-state index in [1.807, 2.05) is 0 Å². The third-order valence-corrected chi connectivity index (χ3v) is 8.92. The minimum Gasteiger partial charge on any atom is -0.480 e. The number of carboxylic acid groups (broad SMARTS) is 1. The molecule has 12 heteroatoms. The van der Waals surface area contributed by atoms with Crippen LogP contribution < -0.4 is 0 Å². The SMILES string of the molecule is O=C(O)[C@H](Cc1ccc(-n2c(-c3ccc(C(F)(F)F)nc3)nc3cccnc32)cc1)N=C1C(Br)C(=O)C12CCCCC2. The van der Waals surface area contributed by atoms with E-state index >= 15 is 0 Å². The summed E-state index contributed by atoms with van der Waals surface area (Å²) in [5, 5.41) is 9.99. The van der Waals surface area contributed by atoms with E-state index in [1.54, 1.807) is 47.2 Å². The Labute approximate surface area is 246 Å². The van der Waals surface area contributed by atoms with Crippen molar-refractivity contribution >= 4 is 44.6 Å². The van der Waals surface area contributed by atoms with E-state index in [0.29, 0.717) is 46.8 Å². The number of halogens is 4. The van der Waals surface area contributed by atoms with Crippen molar-refractivity contribution in [3.63, 3.8) is 0 Å². The number of alkyl halides is 4. The molecule has 1 unspecified atom stereocenters. The molecule has 6 rings (SSSR count). The number of aromatic nitrogens is 4. The van der Waals surface area contributed by atoms with Gasteiger partial charge >= 0.3 is 12.1 Å². The molecule has 0 saturated heterocycles. The van der Waals surface area contributed by atoms with Gasteiger partial charge in [0, 0.05) is 35.8 Å². The summed E-state index contributed by atoms with van der Waals surface area (Å²) >= 11 is 3.41. The van der Waals surface area contributed by atoms with E-state index < -0.39 is 34.1 Å². The number of Topliss-reactive ketones (excluding diaryl/α,β-unsaturated/α-hetero) is 1. The van der Waals surface area contributed by atoms with Gasteiger partial charge in [0.05, 0.1) is 5.41 Å². The Kier molecular flexibility index (Phi) is 7.20. The summed E-state index contributed by atoms with van der Waals surface area (Å²) < 4.78 is 41.0. The van der Waals surface area contributed by atoms with Gasteiger partial charge in [-0.3, -0.25) is 19.3 Å². The van der Waals surface area contributed by atoms with Crippen molar-refractivity contribution in [3.8, 4) is 17.1 Å². The summed E-state index contributed by atoms with van der Waals surface area (Å²) in [5.41, 5.74) is 1.80. The van der Waals surface area contributed by atoms with Crippen LogP contribution in [0.3, 0.4) is 0 Å². The first-order valence-corrected chi connectivity index (χ1v) is 14.5. The van der Waals surface area contributed by atoms with Gasteiger partial charge in [-0.1, -0.05) is 47.3 Å². The lowest BCUT2D eigenvalue weighted by Gasteiger charge is -2.47. The van der Waals surface area contributed by atoms with Crippen molar-refractivity contribution in [2.75, 3.05) is 0 Å². The minimum absolute atomic E-state index is 0.0923. The molecule has 2 fully saturated rings. The Hall–Kier alpha value is -3.93. The number of imidazole rings is 1. The van der Waals surface area contributed by atoms with E-state index in [-0.39, 0.29) is 12.2 Å². The van der Waals surface area contributed by atoms with Crippen LogP contribution in [-0.4, -0.2) is 53.0 Å². The number of nitrogens with zero attached hydrogens (tertiary/aromatic N) is 5. The maximum atomic E-state index is 13.1. The van der Waals surface area contributed by atoms with Crippen LogP contribution in [0.5, 0.6) is 0 Å². The van der Waals surface area contributed by atoms with Gasteiger partial charge in [0.25, 0.3) is 0 Å². The zero-order valence-electron chi connectivity index (χ0n) is 22.2. The molecule has 3 heterocycles. The molecule has 2 aliphatic rings. The molecular weight excluding hydrogens is 615 g/mol. The number of hydrogen-bond acceptors (Lipinski definition) is 6. The number of carboxylic acids is 1. The van der Waals surface area contributed by atoms with Crippen LogP contribution >= 0.6 is 15.9 Å². The lowest BCUT2D eigenvalue weighted by atomic mass is 9.58. The fraction of sp³-hybridized carbons (Fsp3) is 0.333. The van der Waals surface area contributed by atoms with Gasteiger partial charge in [0.15, 0.2) is 17.5 Å². The predicted octanol–water partition coefficient (Wildman–Crippen LogP) is 6.23. The Morgan fingerprint density at radius 1 is 1.10 bits per heavy atom. The summed E-state index contributed by atoms with van der Waals surface area (Å²) in [4.78, 5) is 41.7. The molecule has 8 nitrogen and oxygen atoms in total. The molecule has 4 aromatic rings. The van der Waals surface area contributed by atoms with E-state index in [4.69, 9.17) is 0 Å². The minimum atomic E-state index is -4.56. The van der Waals surface area contributed by atoms with Gasteiger partial charge in [0.1, 0.15) is 21.9 Å². The highest BCUT2D eigenvalue weighted by molar-refractivity contribution is 9.10. The second kappa shape index (κ2) is 10.7. The van der Waals surface area contributed by atoms with Crippen molar-refractivity contribution in [1.29, 1.82) is 0 Å². The number of hydrogen-bond donors (Lipinski definition) is 1. The normalized spacial score (nSPS) is 20.1. The van der Waals surface area contributed by atoms with Crippen LogP contribution in [0, 0.1) is 5.41 Å². The lowest BCUT2D eigenvalue weighted by Crippen LogP contribution is -2.61. The van der Waals surface area contributed by atoms with E-state index in [1.165, 1.54) is 6.07 Å². The highest BCUT2D eigenvalue weighted by atomic mass is 79.9. The standard InChI is InChI=1S/C30H25BrF3N5O3/c31-23-24(29(25(23)40)12-2-1-3-13-29)37-21(28(41)42)15-17-6-9-19(10-7-17)39-26(38-20-5-4-14-35-27(20)39)18-8-11-22(36-16-18)30(32,33)34/h4-11,14,16,21,23H,1-3,12-13,15H2,(H,41,42)/t21-,23?/m0/s1. The molecule has 3 aromatic heterocycles. The maximum Gasteiger partial charge on any atom is 0.433 e. The molecule has 42 heavy (non-hydrogen) atoms. The van der Waals surface area contributed by atoms with Crippen molar-refractivity contribution < 1.29 is 27.9 Å². The number of ketones is 1. The Morgan fingerprint density at radius 2 is 1.83 bits per heavy atom. The fourth-order valence-corrected chi connectivity index (χ4v) is 6.90. The van der Waals surface area contributed by atoms with Gasteiger partial charge in [-0.2, -0.15) is 13.2 Å². The highest BCUT2D eigenvalue weighted by Crippen LogP contribution is 2.49. The topological polar surface area (TPSA) is 110 Å². The Bertz CT molecular complexity index is 1690. The summed E-state index contributed by atoms with van der Waals surface area (Å²) in [6, 6.07) is 11.8. The highest BCUT2D eigenvalue weighted by Gasteiger charge is 2.58. The van der Waals surface area contributed by atoms with Crippen LogP contribution in [0.4, 0.5) is 13.2 Å². The van der Waals surface area contributed by atoms with Crippen LogP contribution in [0.25, 0.3) is 28.2 Å². The van der Waals surface area contributed by atoms with Crippen LogP contribution in [0.1, 0.15) is 43.4 Å². The molecule has 2 aliphatic carbocycles. The molecule has 1 aromatic carbocycles. The van der Waals surface area contributed by atoms with Crippen molar-refractivity contribution in [2.45, 2.75) is 55.6 Å². The number of aliphatic carboxylic acids is 1. The number of benzene rings is 1. The van der Waals surface area contributed by atoms with Crippen LogP contribution in [0.15, 0.2) is 65.9 Å². The van der Waals surface area contributed by atoms with Crippen molar-refractivity contribution in [2.24, 2.45) is 10.4 Å². The molecule has 0 aliphatic heterocycles. The van der Waals surface area contributed by atoms with Gasteiger partial charge in [-0.05, 0) is 54.8 Å². The average molecular weight is 640 g/mol. The largest absolute Gasteiger partial charge is 0.480 e. The zero-order chi connectivity index (χ0) is 29.6. The molecule has 2 saturated carbocycles. The third-order valence-electron chi connectivity index (χ3n) is 8.07. The summed E-state index contributed by atoms with van der Waals surface area (Å²) in [6.07, 6.45) is 2.61. The fourth-order valence-electron chi connectivity index (χ4n) is 5.91. The Balaban J connectivity index is 1.31. The van der Waals surface area contributed by atoms with Crippen molar-refractivity contribution in [1.82, 2.24) is 19.5 Å². The first-order valence-electron chi connectivity index (χ1n) is 13.5. The maximum absolute atomic E-state index is 13.1. The molecule has 216 valence electrons. The summed E-state index contributed by atoms with van der Waals surface area (Å²) in [6.45, 7) is 0. The number of carbonyl (C=O) groups excluding carboxylic acids is 1. The first kappa shape index (κ1) is 28.2. The molecule has 0 bridgehead atoms. The van der Waals surface area contributed by atoms with E-state index in [9.17, 15) is 27.9 Å². The zero-order valence-corrected chi connectivity index (χ0v) is 23.8. The number of rotatable bonds is 6. The van der Waals surface area contributed by atoms with Gasteiger partial charge < -0.3 is 5.11 Å². The predicted molar refractivity (Wildman–Crippen MR) is 153 cm³/mol. The quantitative estimate of drug-likeness (QED) is 0.250. The molecule has 0 amide bonds.